The molecule has 0 radical (unpaired) electrons. The molecule has 0 saturated carbocycles. The van der Waals surface area contributed by atoms with E-state index in [4.69, 9.17) is 4.74 Å². The van der Waals surface area contributed by atoms with Gasteiger partial charge in [0, 0.05) is 19.3 Å². The molecule has 0 spiro atoms. The van der Waals surface area contributed by atoms with Gasteiger partial charge in [0.15, 0.2) is 0 Å². The summed E-state index contributed by atoms with van der Waals surface area (Å²) in [5, 5.41) is 7.42. The molecule has 0 aliphatic carbocycles. The third kappa shape index (κ3) is 4.92. The number of benzene rings is 2. The van der Waals surface area contributed by atoms with Crippen molar-refractivity contribution in [3.05, 3.63) is 66.0 Å². The van der Waals surface area contributed by atoms with Crippen LogP contribution in [0.2, 0.25) is 0 Å². The minimum Gasteiger partial charge on any atom is -0.497 e. The van der Waals surface area contributed by atoms with Crippen LogP contribution in [0.1, 0.15) is 42.4 Å². The van der Waals surface area contributed by atoms with Gasteiger partial charge in [-0.05, 0) is 67.1 Å². The standard InChI is InChI=1S/C26H30N4O3/c1-4-20-17-24(29(2)28-20)26(32)30-14-6-5-13-23(30)25(31)27-21-11-7-9-18(15-21)19-10-8-12-22(16-19)33-3/h7-12,15-17,23H,4-6,13-14H2,1-3H3,(H,27,31). The van der Waals surface area contributed by atoms with Gasteiger partial charge in [0.2, 0.25) is 5.91 Å². The molecule has 1 aliphatic heterocycles. The van der Waals surface area contributed by atoms with Crippen molar-refractivity contribution in [2.24, 2.45) is 7.05 Å². The van der Waals surface area contributed by atoms with Crippen molar-refractivity contribution < 1.29 is 14.3 Å². The monoisotopic (exact) mass is 446 g/mol. The smallest absolute Gasteiger partial charge is 0.272 e. The van der Waals surface area contributed by atoms with Gasteiger partial charge in [0.1, 0.15) is 17.5 Å². The van der Waals surface area contributed by atoms with Crippen LogP contribution in [0.5, 0.6) is 5.75 Å². The molecule has 1 N–H and O–H groups in total. The van der Waals surface area contributed by atoms with E-state index < -0.39 is 6.04 Å². The molecular weight excluding hydrogens is 416 g/mol. The van der Waals surface area contributed by atoms with Gasteiger partial charge < -0.3 is 15.0 Å². The number of carbonyl (C=O) groups excluding carboxylic acids is 2. The molecule has 1 aliphatic rings. The van der Waals surface area contributed by atoms with Crippen molar-refractivity contribution in [1.29, 1.82) is 0 Å². The number of aromatic nitrogens is 2. The summed E-state index contributed by atoms with van der Waals surface area (Å²) in [6.45, 7) is 2.57. The van der Waals surface area contributed by atoms with E-state index in [9.17, 15) is 9.59 Å². The number of aryl methyl sites for hydroxylation is 2. The molecule has 4 rings (SSSR count). The van der Waals surface area contributed by atoms with Crippen molar-refractivity contribution in [2.45, 2.75) is 38.6 Å². The zero-order valence-corrected chi connectivity index (χ0v) is 19.4. The van der Waals surface area contributed by atoms with Crippen LogP contribution in [0.3, 0.4) is 0 Å². The van der Waals surface area contributed by atoms with Crippen LogP contribution in [0.4, 0.5) is 5.69 Å². The molecule has 1 atom stereocenters. The van der Waals surface area contributed by atoms with Gasteiger partial charge in [-0.2, -0.15) is 5.10 Å². The molecule has 7 heteroatoms. The first-order valence-corrected chi connectivity index (χ1v) is 11.4. The van der Waals surface area contributed by atoms with Crippen molar-refractivity contribution in [3.8, 4) is 16.9 Å². The van der Waals surface area contributed by atoms with E-state index in [1.807, 2.05) is 61.5 Å². The fraction of sp³-hybridized carbons (Fsp3) is 0.346. The summed E-state index contributed by atoms with van der Waals surface area (Å²) >= 11 is 0. The Balaban J connectivity index is 1.53. The lowest BCUT2D eigenvalue weighted by molar-refractivity contribution is -0.121. The molecular formula is C26H30N4O3. The Morgan fingerprint density at radius 1 is 1.09 bits per heavy atom. The van der Waals surface area contributed by atoms with E-state index in [2.05, 4.69) is 10.4 Å². The highest BCUT2D eigenvalue weighted by atomic mass is 16.5. The molecule has 172 valence electrons. The number of hydrogen-bond acceptors (Lipinski definition) is 4. The van der Waals surface area contributed by atoms with E-state index >= 15 is 0 Å². The second kappa shape index (κ2) is 9.90. The molecule has 1 unspecified atom stereocenters. The summed E-state index contributed by atoms with van der Waals surface area (Å²) in [6.07, 6.45) is 3.21. The van der Waals surface area contributed by atoms with Crippen LogP contribution in [0.15, 0.2) is 54.6 Å². The average molecular weight is 447 g/mol. The Morgan fingerprint density at radius 3 is 2.58 bits per heavy atom. The Bertz CT molecular complexity index is 1150. The summed E-state index contributed by atoms with van der Waals surface area (Å²) in [6, 6.07) is 16.8. The first-order chi connectivity index (χ1) is 16.0. The Labute approximate surface area is 194 Å². The van der Waals surface area contributed by atoms with E-state index in [-0.39, 0.29) is 11.8 Å². The molecule has 1 aromatic heterocycles. The molecule has 33 heavy (non-hydrogen) atoms. The summed E-state index contributed by atoms with van der Waals surface area (Å²) in [7, 11) is 3.41. The number of hydrogen-bond donors (Lipinski definition) is 1. The second-order valence-corrected chi connectivity index (χ2v) is 8.31. The normalized spacial score (nSPS) is 15.8. The molecule has 2 aromatic carbocycles. The number of nitrogens with zero attached hydrogens (tertiary/aromatic N) is 3. The van der Waals surface area contributed by atoms with E-state index in [0.29, 0.717) is 24.3 Å². The maximum absolute atomic E-state index is 13.3. The number of rotatable bonds is 6. The van der Waals surface area contributed by atoms with Crippen molar-refractivity contribution >= 4 is 17.5 Å². The number of carbonyl (C=O) groups is 2. The van der Waals surface area contributed by atoms with Gasteiger partial charge in [-0.15, -0.1) is 0 Å². The highest BCUT2D eigenvalue weighted by Gasteiger charge is 2.34. The number of amides is 2. The lowest BCUT2D eigenvalue weighted by Crippen LogP contribution is -2.50. The number of anilines is 1. The first kappa shape index (κ1) is 22.6. The van der Waals surface area contributed by atoms with Crippen molar-refractivity contribution in [2.75, 3.05) is 19.0 Å². The zero-order valence-electron chi connectivity index (χ0n) is 19.4. The average Bonchev–Trinajstić information content (AvgIpc) is 3.24. The number of likely N-dealkylation sites (tertiary alicyclic amines) is 1. The lowest BCUT2D eigenvalue weighted by atomic mass is 10.00. The van der Waals surface area contributed by atoms with Gasteiger partial charge in [-0.25, -0.2) is 0 Å². The Hall–Kier alpha value is -3.61. The fourth-order valence-corrected chi connectivity index (χ4v) is 4.30. The summed E-state index contributed by atoms with van der Waals surface area (Å²) in [4.78, 5) is 28.2. The summed E-state index contributed by atoms with van der Waals surface area (Å²) < 4.78 is 6.94. The third-order valence-electron chi connectivity index (χ3n) is 6.11. The maximum atomic E-state index is 13.3. The topological polar surface area (TPSA) is 76.5 Å². The minimum absolute atomic E-state index is 0.144. The predicted octanol–water partition coefficient (Wildman–Crippen LogP) is 4.29. The van der Waals surface area contributed by atoms with Crippen LogP contribution in [-0.2, 0) is 18.3 Å². The van der Waals surface area contributed by atoms with Gasteiger partial charge in [0.25, 0.3) is 5.91 Å². The van der Waals surface area contributed by atoms with Crippen LogP contribution < -0.4 is 10.1 Å². The number of nitrogens with one attached hydrogen (secondary N) is 1. The van der Waals surface area contributed by atoms with Crippen molar-refractivity contribution in [3.63, 3.8) is 0 Å². The fourth-order valence-electron chi connectivity index (χ4n) is 4.30. The highest BCUT2D eigenvalue weighted by Crippen LogP contribution is 2.27. The molecule has 1 fully saturated rings. The van der Waals surface area contributed by atoms with Gasteiger partial charge in [0.05, 0.1) is 12.8 Å². The van der Waals surface area contributed by atoms with Crippen molar-refractivity contribution in [1.82, 2.24) is 14.7 Å². The van der Waals surface area contributed by atoms with Gasteiger partial charge in [-0.1, -0.05) is 31.2 Å². The molecule has 1 saturated heterocycles. The Morgan fingerprint density at radius 2 is 1.85 bits per heavy atom. The summed E-state index contributed by atoms with van der Waals surface area (Å²) in [5.41, 5.74) is 4.07. The maximum Gasteiger partial charge on any atom is 0.272 e. The molecule has 2 heterocycles. The van der Waals surface area contributed by atoms with E-state index in [0.717, 1.165) is 41.8 Å². The third-order valence-corrected chi connectivity index (χ3v) is 6.11. The highest BCUT2D eigenvalue weighted by molar-refractivity contribution is 6.01. The summed E-state index contributed by atoms with van der Waals surface area (Å²) in [5.74, 6) is 0.470. The predicted molar refractivity (Wildman–Crippen MR) is 128 cm³/mol. The quantitative estimate of drug-likeness (QED) is 0.613. The largest absolute Gasteiger partial charge is 0.497 e. The molecule has 3 aromatic rings. The SMILES string of the molecule is CCc1cc(C(=O)N2CCCCC2C(=O)Nc2cccc(-c3cccc(OC)c3)c2)n(C)n1. The van der Waals surface area contributed by atoms with Crippen LogP contribution in [-0.4, -0.2) is 46.2 Å². The van der Waals surface area contributed by atoms with Crippen LogP contribution >= 0.6 is 0 Å². The van der Waals surface area contributed by atoms with Crippen LogP contribution in [0.25, 0.3) is 11.1 Å². The van der Waals surface area contributed by atoms with E-state index in [1.165, 1.54) is 0 Å². The first-order valence-electron chi connectivity index (χ1n) is 11.4. The van der Waals surface area contributed by atoms with Crippen LogP contribution in [0, 0.1) is 0 Å². The zero-order chi connectivity index (χ0) is 23.4. The van der Waals surface area contributed by atoms with Gasteiger partial charge >= 0.3 is 0 Å². The number of methoxy groups -OCH3 is 1. The lowest BCUT2D eigenvalue weighted by Gasteiger charge is -2.34. The minimum atomic E-state index is -0.508. The number of piperidine rings is 1. The Kier molecular flexibility index (Phi) is 6.77. The number of ether oxygens (including phenoxy) is 1. The van der Waals surface area contributed by atoms with Gasteiger partial charge in [-0.3, -0.25) is 14.3 Å². The van der Waals surface area contributed by atoms with E-state index in [1.54, 1.807) is 23.7 Å². The molecule has 0 bridgehead atoms. The molecule has 7 nitrogen and oxygen atoms in total. The molecule has 2 amide bonds. The second-order valence-electron chi connectivity index (χ2n) is 8.31.